The highest BCUT2D eigenvalue weighted by molar-refractivity contribution is 7.99. The van der Waals surface area contributed by atoms with Crippen molar-refractivity contribution in [3.63, 3.8) is 0 Å². The molecule has 0 spiro atoms. The Morgan fingerprint density at radius 2 is 1.96 bits per heavy atom. The van der Waals surface area contributed by atoms with E-state index in [1.165, 1.54) is 11.8 Å². The van der Waals surface area contributed by atoms with Gasteiger partial charge in [0.25, 0.3) is 0 Å². The molecule has 136 valence electrons. The Hall–Kier alpha value is -2.68. The minimum absolute atomic E-state index is 0.118. The normalized spacial score (nSPS) is 11.1. The van der Waals surface area contributed by atoms with E-state index in [4.69, 9.17) is 0 Å². The number of amides is 1. The van der Waals surface area contributed by atoms with Crippen LogP contribution >= 0.6 is 11.8 Å². The Balaban J connectivity index is 1.70. The first-order valence-corrected chi connectivity index (χ1v) is 9.28. The van der Waals surface area contributed by atoms with E-state index in [1.807, 2.05) is 62.7 Å². The van der Waals surface area contributed by atoms with E-state index in [2.05, 4.69) is 25.9 Å². The third-order valence-corrected chi connectivity index (χ3v) is 4.77. The van der Waals surface area contributed by atoms with Crippen LogP contribution < -0.4 is 5.32 Å². The van der Waals surface area contributed by atoms with Crippen molar-refractivity contribution < 1.29 is 4.79 Å². The number of aryl methyl sites for hydroxylation is 1. The van der Waals surface area contributed by atoms with Gasteiger partial charge in [0.05, 0.1) is 34.6 Å². The van der Waals surface area contributed by atoms with Crippen molar-refractivity contribution in [1.29, 1.82) is 0 Å². The van der Waals surface area contributed by atoms with E-state index in [9.17, 15) is 4.79 Å². The van der Waals surface area contributed by atoms with Crippen molar-refractivity contribution in [1.82, 2.24) is 30.0 Å². The molecule has 2 heterocycles. The molecular weight excluding hydrogens is 350 g/mol. The van der Waals surface area contributed by atoms with Crippen LogP contribution in [-0.4, -0.2) is 41.6 Å². The number of rotatable bonds is 6. The van der Waals surface area contributed by atoms with Crippen molar-refractivity contribution in [3.05, 3.63) is 41.7 Å². The molecule has 0 aliphatic carbocycles. The second kappa shape index (κ2) is 7.69. The summed E-state index contributed by atoms with van der Waals surface area (Å²) in [6.07, 6.45) is 0. The molecule has 0 fully saturated rings. The van der Waals surface area contributed by atoms with Gasteiger partial charge in [0.1, 0.15) is 0 Å². The van der Waals surface area contributed by atoms with Crippen LogP contribution in [0.25, 0.3) is 5.69 Å². The molecule has 1 aromatic carbocycles. The van der Waals surface area contributed by atoms with Crippen molar-refractivity contribution in [2.45, 2.75) is 38.9 Å². The number of benzene rings is 1. The van der Waals surface area contributed by atoms with Gasteiger partial charge in [0.2, 0.25) is 11.1 Å². The summed E-state index contributed by atoms with van der Waals surface area (Å²) in [7, 11) is 0. The summed E-state index contributed by atoms with van der Waals surface area (Å²) in [4.78, 5) is 12.4. The third-order valence-electron chi connectivity index (χ3n) is 3.84. The number of aromatic nitrogens is 6. The van der Waals surface area contributed by atoms with E-state index < -0.39 is 0 Å². The summed E-state index contributed by atoms with van der Waals surface area (Å²) in [5, 5.41) is 19.7. The summed E-state index contributed by atoms with van der Waals surface area (Å²) in [5.74, 6) is 0.106. The molecule has 1 amide bonds. The van der Waals surface area contributed by atoms with Gasteiger partial charge in [-0.2, -0.15) is 5.10 Å². The Bertz CT molecular complexity index is 901. The van der Waals surface area contributed by atoms with Gasteiger partial charge < -0.3 is 5.32 Å². The Morgan fingerprint density at radius 3 is 2.65 bits per heavy atom. The van der Waals surface area contributed by atoms with E-state index in [-0.39, 0.29) is 17.7 Å². The molecule has 0 aliphatic rings. The maximum absolute atomic E-state index is 12.4. The van der Waals surface area contributed by atoms with Crippen molar-refractivity contribution >= 4 is 23.4 Å². The summed E-state index contributed by atoms with van der Waals surface area (Å²) in [5.41, 5.74) is 3.36. The van der Waals surface area contributed by atoms with Crippen molar-refractivity contribution in [2.75, 3.05) is 11.1 Å². The molecule has 0 aliphatic heterocycles. The molecule has 0 radical (unpaired) electrons. The number of anilines is 1. The predicted molar refractivity (Wildman–Crippen MR) is 101 cm³/mol. The monoisotopic (exact) mass is 371 g/mol. The lowest BCUT2D eigenvalue weighted by Crippen LogP contribution is -2.16. The Kier molecular flexibility index (Phi) is 5.36. The highest BCUT2D eigenvalue weighted by Gasteiger charge is 2.17. The van der Waals surface area contributed by atoms with Gasteiger partial charge in [-0.3, -0.25) is 4.79 Å². The number of hydrogen-bond acceptors (Lipinski definition) is 6. The van der Waals surface area contributed by atoms with Crippen LogP contribution in [0.3, 0.4) is 0 Å². The average molecular weight is 371 g/mol. The minimum Gasteiger partial charge on any atom is -0.322 e. The summed E-state index contributed by atoms with van der Waals surface area (Å²) < 4.78 is 3.53. The lowest BCUT2D eigenvalue weighted by Gasteiger charge is -2.08. The molecular formula is C17H21N7OS. The molecule has 0 unspecified atom stereocenters. The lowest BCUT2D eigenvalue weighted by atomic mass is 10.3. The van der Waals surface area contributed by atoms with Crippen LogP contribution in [0.1, 0.15) is 31.3 Å². The zero-order chi connectivity index (χ0) is 18.7. The van der Waals surface area contributed by atoms with E-state index >= 15 is 0 Å². The predicted octanol–water partition coefficient (Wildman–Crippen LogP) is 2.79. The zero-order valence-electron chi connectivity index (χ0n) is 15.2. The SMILES string of the molecule is Cc1nn(-c2ccccc2)c(C)c1NC(=O)CSc1nnnn1C(C)C. The topological polar surface area (TPSA) is 90.5 Å². The van der Waals surface area contributed by atoms with Gasteiger partial charge in [-0.1, -0.05) is 30.0 Å². The second-order valence-corrected chi connectivity index (χ2v) is 7.07. The number of nitrogens with zero attached hydrogens (tertiary/aromatic N) is 6. The number of hydrogen-bond donors (Lipinski definition) is 1. The van der Waals surface area contributed by atoms with Crippen LogP contribution in [0.2, 0.25) is 0 Å². The van der Waals surface area contributed by atoms with Gasteiger partial charge in [-0.05, 0) is 50.3 Å². The molecule has 0 saturated carbocycles. The fourth-order valence-electron chi connectivity index (χ4n) is 2.55. The maximum atomic E-state index is 12.4. The Labute approximate surface area is 156 Å². The van der Waals surface area contributed by atoms with Gasteiger partial charge in [0, 0.05) is 0 Å². The zero-order valence-corrected chi connectivity index (χ0v) is 16.0. The van der Waals surface area contributed by atoms with Gasteiger partial charge >= 0.3 is 0 Å². The van der Waals surface area contributed by atoms with Gasteiger partial charge in [0.15, 0.2) is 0 Å². The van der Waals surface area contributed by atoms with Crippen molar-refractivity contribution in [2.24, 2.45) is 0 Å². The first-order valence-electron chi connectivity index (χ1n) is 8.29. The first-order chi connectivity index (χ1) is 12.5. The number of nitrogens with one attached hydrogen (secondary N) is 1. The molecule has 0 bridgehead atoms. The molecule has 1 N–H and O–H groups in total. The van der Waals surface area contributed by atoms with Crippen LogP contribution in [0.15, 0.2) is 35.5 Å². The standard InChI is InChI=1S/C17H21N7OS/c1-11(2)23-17(19-21-22-23)26-10-15(25)18-16-12(3)20-24(13(16)4)14-8-6-5-7-9-14/h5-9,11H,10H2,1-4H3,(H,18,25). The fraction of sp³-hybridized carbons (Fsp3) is 0.353. The van der Waals surface area contributed by atoms with Crippen LogP contribution in [-0.2, 0) is 4.79 Å². The minimum atomic E-state index is -0.118. The molecule has 0 atom stereocenters. The summed E-state index contributed by atoms with van der Waals surface area (Å²) in [6, 6.07) is 9.97. The number of thioether (sulfide) groups is 1. The van der Waals surface area contributed by atoms with Crippen LogP contribution in [0, 0.1) is 13.8 Å². The van der Waals surface area contributed by atoms with Crippen LogP contribution in [0.5, 0.6) is 0 Å². The maximum Gasteiger partial charge on any atom is 0.234 e. The summed E-state index contributed by atoms with van der Waals surface area (Å²) in [6.45, 7) is 7.81. The highest BCUT2D eigenvalue weighted by Crippen LogP contribution is 2.24. The van der Waals surface area contributed by atoms with Crippen molar-refractivity contribution in [3.8, 4) is 5.69 Å². The first kappa shape index (κ1) is 18.1. The van der Waals surface area contributed by atoms with E-state index in [0.717, 1.165) is 22.8 Å². The molecule has 8 nitrogen and oxygen atoms in total. The average Bonchev–Trinajstić information content (AvgIpc) is 3.21. The Morgan fingerprint density at radius 1 is 1.23 bits per heavy atom. The summed E-state index contributed by atoms with van der Waals surface area (Å²) >= 11 is 1.31. The number of carbonyl (C=O) groups is 1. The van der Waals surface area contributed by atoms with Crippen LogP contribution in [0.4, 0.5) is 5.69 Å². The van der Waals surface area contributed by atoms with Gasteiger partial charge in [-0.15, -0.1) is 5.10 Å². The molecule has 0 saturated heterocycles. The third kappa shape index (κ3) is 3.77. The molecule has 3 aromatic rings. The highest BCUT2D eigenvalue weighted by atomic mass is 32.2. The quantitative estimate of drug-likeness (QED) is 0.670. The van der Waals surface area contributed by atoms with Gasteiger partial charge in [-0.25, -0.2) is 9.36 Å². The molecule has 2 aromatic heterocycles. The smallest absolute Gasteiger partial charge is 0.234 e. The fourth-order valence-corrected chi connectivity index (χ4v) is 3.36. The number of carbonyl (C=O) groups excluding carboxylic acids is 1. The number of tetrazole rings is 1. The largest absolute Gasteiger partial charge is 0.322 e. The molecule has 3 rings (SSSR count). The lowest BCUT2D eigenvalue weighted by molar-refractivity contribution is -0.113. The molecule has 9 heteroatoms. The molecule has 26 heavy (non-hydrogen) atoms. The van der Waals surface area contributed by atoms with E-state index in [1.54, 1.807) is 4.68 Å². The van der Waals surface area contributed by atoms with E-state index in [0.29, 0.717) is 5.16 Å². The second-order valence-electron chi connectivity index (χ2n) is 6.13. The number of para-hydroxylation sites is 1.